The molecule has 1 unspecified atom stereocenters. The fourth-order valence-corrected chi connectivity index (χ4v) is 3.31. The highest BCUT2D eigenvalue weighted by Gasteiger charge is 2.34. The second kappa shape index (κ2) is 8.44. The minimum atomic E-state index is -0.608. The van der Waals surface area contributed by atoms with Crippen LogP contribution in [0.5, 0.6) is 0 Å². The fourth-order valence-electron chi connectivity index (χ4n) is 3.31. The summed E-state index contributed by atoms with van der Waals surface area (Å²) in [4.78, 5) is 25.5. The molecule has 1 aliphatic rings. The highest BCUT2D eigenvalue weighted by molar-refractivity contribution is 6.04. The van der Waals surface area contributed by atoms with Crippen molar-refractivity contribution >= 4 is 17.7 Å². The molecule has 2 amide bonds. The first-order chi connectivity index (χ1) is 14.2. The predicted molar refractivity (Wildman–Crippen MR) is 110 cm³/mol. The molecular formula is C24H20N2O3. The highest BCUT2D eigenvalue weighted by Crippen LogP contribution is 2.32. The van der Waals surface area contributed by atoms with E-state index in [1.165, 1.54) is 0 Å². The van der Waals surface area contributed by atoms with E-state index in [1.54, 1.807) is 0 Å². The summed E-state index contributed by atoms with van der Waals surface area (Å²) >= 11 is 0. The van der Waals surface area contributed by atoms with Crippen molar-refractivity contribution in [2.45, 2.75) is 12.6 Å². The number of benzene rings is 3. The van der Waals surface area contributed by atoms with Crippen LogP contribution in [0.4, 0.5) is 4.79 Å². The van der Waals surface area contributed by atoms with Crippen LogP contribution in [-0.4, -0.2) is 12.0 Å². The van der Waals surface area contributed by atoms with Crippen molar-refractivity contribution in [1.29, 1.82) is 0 Å². The lowest BCUT2D eigenvalue weighted by molar-refractivity contribution is -0.140. The van der Waals surface area contributed by atoms with Crippen LogP contribution < -0.4 is 10.6 Å². The van der Waals surface area contributed by atoms with Crippen LogP contribution >= 0.6 is 0 Å². The quantitative estimate of drug-likeness (QED) is 0.648. The van der Waals surface area contributed by atoms with Gasteiger partial charge in [0.2, 0.25) is 0 Å². The van der Waals surface area contributed by atoms with E-state index in [0.717, 1.165) is 16.7 Å². The molecule has 144 valence electrons. The summed E-state index contributed by atoms with van der Waals surface area (Å²) in [6.45, 7) is 0.153. The highest BCUT2D eigenvalue weighted by atomic mass is 16.5. The lowest BCUT2D eigenvalue weighted by Crippen LogP contribution is -2.45. The molecule has 0 aromatic heterocycles. The van der Waals surface area contributed by atoms with Crippen molar-refractivity contribution in [3.8, 4) is 0 Å². The number of rotatable bonds is 5. The Bertz CT molecular complexity index is 1030. The van der Waals surface area contributed by atoms with Gasteiger partial charge in [-0.15, -0.1) is 0 Å². The minimum absolute atomic E-state index is 0.153. The van der Waals surface area contributed by atoms with Gasteiger partial charge >= 0.3 is 12.0 Å². The van der Waals surface area contributed by atoms with E-state index >= 15 is 0 Å². The van der Waals surface area contributed by atoms with Crippen molar-refractivity contribution in [2.24, 2.45) is 0 Å². The van der Waals surface area contributed by atoms with Crippen molar-refractivity contribution in [3.05, 3.63) is 113 Å². The van der Waals surface area contributed by atoms with Crippen molar-refractivity contribution in [3.63, 3.8) is 0 Å². The Morgan fingerprint density at radius 3 is 2.07 bits per heavy atom. The first-order valence-corrected chi connectivity index (χ1v) is 9.35. The molecule has 0 fully saturated rings. The van der Waals surface area contributed by atoms with E-state index in [-0.39, 0.29) is 12.6 Å². The fraction of sp³-hybridized carbons (Fsp3) is 0.0833. The molecule has 2 N–H and O–H groups in total. The average Bonchev–Trinajstić information content (AvgIpc) is 2.79. The van der Waals surface area contributed by atoms with Crippen molar-refractivity contribution in [1.82, 2.24) is 10.6 Å². The molecule has 1 atom stereocenters. The Kier molecular flexibility index (Phi) is 5.38. The van der Waals surface area contributed by atoms with Gasteiger partial charge < -0.3 is 15.4 Å². The number of carbonyl (C=O) groups excluding carboxylic acids is 2. The van der Waals surface area contributed by atoms with Crippen LogP contribution in [0.3, 0.4) is 0 Å². The monoisotopic (exact) mass is 384 g/mol. The normalized spacial score (nSPS) is 16.0. The summed E-state index contributed by atoms with van der Waals surface area (Å²) in [7, 11) is 0. The molecule has 0 saturated carbocycles. The van der Waals surface area contributed by atoms with Gasteiger partial charge in [-0.05, 0) is 16.7 Å². The summed E-state index contributed by atoms with van der Waals surface area (Å²) in [5.74, 6) is -0.478. The second-order valence-corrected chi connectivity index (χ2v) is 6.66. The van der Waals surface area contributed by atoms with Gasteiger partial charge in [0.25, 0.3) is 0 Å². The molecule has 29 heavy (non-hydrogen) atoms. The number of nitrogens with one attached hydrogen (secondary N) is 2. The molecule has 5 nitrogen and oxygen atoms in total. The van der Waals surface area contributed by atoms with Crippen molar-refractivity contribution in [2.75, 3.05) is 0 Å². The molecule has 4 rings (SSSR count). The van der Waals surface area contributed by atoms with E-state index < -0.39 is 12.0 Å². The summed E-state index contributed by atoms with van der Waals surface area (Å²) < 4.78 is 5.62. The molecular weight excluding hydrogens is 364 g/mol. The maximum absolute atomic E-state index is 13.2. The number of amides is 2. The molecule has 0 bridgehead atoms. The summed E-state index contributed by atoms with van der Waals surface area (Å²) in [6.07, 6.45) is 0. The Morgan fingerprint density at radius 1 is 0.828 bits per heavy atom. The van der Waals surface area contributed by atoms with Gasteiger partial charge in [-0.25, -0.2) is 9.59 Å². The zero-order valence-electron chi connectivity index (χ0n) is 15.7. The van der Waals surface area contributed by atoms with E-state index in [9.17, 15) is 9.59 Å². The lowest BCUT2D eigenvalue weighted by Gasteiger charge is -2.29. The molecule has 3 aromatic rings. The number of hydrogen-bond acceptors (Lipinski definition) is 3. The minimum Gasteiger partial charge on any atom is -0.457 e. The van der Waals surface area contributed by atoms with Crippen molar-refractivity contribution < 1.29 is 14.3 Å². The summed E-state index contributed by atoms with van der Waals surface area (Å²) in [5.41, 5.74) is 3.28. The Labute approximate surface area is 169 Å². The molecule has 5 heteroatoms. The standard InChI is InChI=1S/C24H20N2O3/c27-23(29-16-17-10-4-1-5-11-17)20-21(18-12-6-2-7-13-18)25-24(28)26-22(20)19-14-8-3-9-15-19/h1-15,21H,16H2,(H2,25,26,28). The van der Waals surface area contributed by atoms with Gasteiger partial charge in [0.15, 0.2) is 0 Å². The third-order valence-electron chi connectivity index (χ3n) is 4.70. The lowest BCUT2D eigenvalue weighted by atomic mass is 9.93. The molecule has 0 aliphatic carbocycles. The number of carbonyl (C=O) groups is 2. The SMILES string of the molecule is O=C1NC(c2ccccc2)=C(C(=O)OCc2ccccc2)C(c2ccccc2)N1. The van der Waals surface area contributed by atoms with Crippen LogP contribution in [0, 0.1) is 0 Å². The zero-order chi connectivity index (χ0) is 20.1. The van der Waals surface area contributed by atoms with Crippen LogP contribution in [-0.2, 0) is 16.1 Å². The van der Waals surface area contributed by atoms with E-state index in [1.807, 2.05) is 91.0 Å². The van der Waals surface area contributed by atoms with Gasteiger partial charge in [-0.1, -0.05) is 91.0 Å². The molecule has 1 aliphatic heterocycles. The van der Waals surface area contributed by atoms with Gasteiger partial charge in [0, 0.05) is 0 Å². The average molecular weight is 384 g/mol. The smallest absolute Gasteiger partial charge is 0.338 e. The van der Waals surface area contributed by atoms with Gasteiger partial charge in [-0.3, -0.25) is 0 Å². The second-order valence-electron chi connectivity index (χ2n) is 6.66. The third kappa shape index (κ3) is 4.19. The Hall–Kier alpha value is -3.86. The van der Waals surface area contributed by atoms with E-state index in [0.29, 0.717) is 11.3 Å². The maximum atomic E-state index is 13.2. The Morgan fingerprint density at radius 2 is 1.41 bits per heavy atom. The third-order valence-corrected chi connectivity index (χ3v) is 4.70. The molecule has 0 spiro atoms. The molecule has 0 saturated heterocycles. The van der Waals surface area contributed by atoms with E-state index in [4.69, 9.17) is 4.74 Å². The molecule has 1 heterocycles. The van der Waals surface area contributed by atoms with Gasteiger partial charge in [0.05, 0.1) is 17.3 Å². The number of esters is 1. The van der Waals surface area contributed by atoms with Crippen LogP contribution in [0.1, 0.15) is 22.7 Å². The summed E-state index contributed by atoms with van der Waals surface area (Å²) in [6, 6.07) is 27.2. The van der Waals surface area contributed by atoms with E-state index in [2.05, 4.69) is 10.6 Å². The zero-order valence-corrected chi connectivity index (χ0v) is 15.7. The van der Waals surface area contributed by atoms with Gasteiger partial charge in [-0.2, -0.15) is 0 Å². The number of hydrogen-bond donors (Lipinski definition) is 2. The topological polar surface area (TPSA) is 67.4 Å². The number of ether oxygens (including phenoxy) is 1. The summed E-state index contributed by atoms with van der Waals surface area (Å²) in [5, 5.41) is 5.64. The first kappa shape index (κ1) is 18.5. The first-order valence-electron chi connectivity index (χ1n) is 9.35. The maximum Gasteiger partial charge on any atom is 0.338 e. The largest absolute Gasteiger partial charge is 0.457 e. The number of urea groups is 1. The Balaban J connectivity index is 1.74. The predicted octanol–water partition coefficient (Wildman–Crippen LogP) is 4.20. The van der Waals surface area contributed by atoms with Crippen LogP contribution in [0.25, 0.3) is 5.70 Å². The van der Waals surface area contributed by atoms with Gasteiger partial charge in [0.1, 0.15) is 6.61 Å². The van der Waals surface area contributed by atoms with Crippen LogP contribution in [0.2, 0.25) is 0 Å². The molecule has 3 aromatic carbocycles. The van der Waals surface area contributed by atoms with Crippen LogP contribution in [0.15, 0.2) is 96.6 Å². The molecule has 0 radical (unpaired) electrons.